The van der Waals surface area contributed by atoms with Crippen LogP contribution in [0.3, 0.4) is 0 Å². The van der Waals surface area contributed by atoms with Gasteiger partial charge in [0.2, 0.25) is 0 Å². The number of hydrogen-bond donors (Lipinski definition) is 0. The minimum absolute atomic E-state index is 0.0887. The fourth-order valence-corrected chi connectivity index (χ4v) is 5.19. The number of aryl methyl sites for hydroxylation is 1. The molecule has 3 aromatic carbocycles. The Morgan fingerprint density at radius 1 is 1.09 bits per heavy atom. The molecule has 0 aliphatic heterocycles. The highest BCUT2D eigenvalue weighted by molar-refractivity contribution is 9.11. The summed E-state index contributed by atoms with van der Waals surface area (Å²) in [6.45, 7) is 2.12. The highest BCUT2D eigenvalue weighted by Gasteiger charge is 2.12. The molecule has 0 fully saturated rings. The van der Waals surface area contributed by atoms with Gasteiger partial charge in [0.1, 0.15) is 24.0 Å². The molecule has 5 nitrogen and oxygen atoms in total. The second-order valence-corrected chi connectivity index (χ2v) is 10.1. The third kappa shape index (κ3) is 5.47. The molecular weight excluding hydrogens is 633 g/mol. The molecule has 9 heteroatoms. The van der Waals surface area contributed by atoms with E-state index in [1.54, 1.807) is 30.5 Å². The zero-order valence-corrected chi connectivity index (χ0v) is 22.8. The summed E-state index contributed by atoms with van der Waals surface area (Å²) in [4.78, 5) is 17.8. The number of benzene rings is 3. The van der Waals surface area contributed by atoms with E-state index in [9.17, 15) is 9.18 Å². The van der Waals surface area contributed by atoms with E-state index in [-0.39, 0.29) is 18.0 Å². The third-order valence-electron chi connectivity index (χ3n) is 5.02. The fourth-order valence-electron chi connectivity index (χ4n) is 3.38. The maximum absolute atomic E-state index is 13.9. The molecule has 0 unspecified atom stereocenters. The summed E-state index contributed by atoms with van der Waals surface area (Å²) in [5.74, 6) is 0.825. The summed E-state index contributed by atoms with van der Waals surface area (Å²) in [5.41, 5.74) is 1.62. The number of aromatic nitrogens is 2. The van der Waals surface area contributed by atoms with Crippen LogP contribution in [0.5, 0.6) is 5.75 Å². The molecule has 1 heterocycles. The van der Waals surface area contributed by atoms with E-state index in [0.29, 0.717) is 43.4 Å². The molecule has 0 saturated carbocycles. The lowest BCUT2D eigenvalue weighted by molar-refractivity contribution is 0.296. The molecule has 0 radical (unpaired) electrons. The number of rotatable bonds is 7. The van der Waals surface area contributed by atoms with Gasteiger partial charge in [0, 0.05) is 16.5 Å². The van der Waals surface area contributed by atoms with Gasteiger partial charge in [0.25, 0.3) is 5.56 Å². The average molecular weight is 652 g/mol. The molecule has 0 N–H and O–H groups in total. The van der Waals surface area contributed by atoms with Crippen LogP contribution in [-0.2, 0) is 13.0 Å². The Balaban J connectivity index is 1.65. The van der Waals surface area contributed by atoms with Crippen LogP contribution in [0.1, 0.15) is 30.3 Å². The second kappa shape index (κ2) is 10.9. The summed E-state index contributed by atoms with van der Waals surface area (Å²) in [5, 5.41) is 4.95. The van der Waals surface area contributed by atoms with Crippen LogP contribution >= 0.6 is 47.8 Å². The van der Waals surface area contributed by atoms with Gasteiger partial charge in [0.05, 0.1) is 26.1 Å². The lowest BCUT2D eigenvalue weighted by atomic mass is 10.2. The number of hydrogen-bond acceptors (Lipinski definition) is 4. The zero-order valence-electron chi connectivity index (χ0n) is 18.1. The van der Waals surface area contributed by atoms with Crippen LogP contribution in [0.15, 0.2) is 77.9 Å². The van der Waals surface area contributed by atoms with E-state index in [0.717, 1.165) is 16.5 Å². The lowest BCUT2D eigenvalue weighted by Crippen LogP contribution is -2.22. The molecule has 4 rings (SSSR count). The Morgan fingerprint density at radius 3 is 2.53 bits per heavy atom. The summed E-state index contributed by atoms with van der Waals surface area (Å²) in [6, 6.07) is 15.6. The summed E-state index contributed by atoms with van der Waals surface area (Å²) < 4.78 is 23.2. The van der Waals surface area contributed by atoms with Crippen molar-refractivity contribution in [3.05, 3.63) is 101 Å². The first-order valence-electron chi connectivity index (χ1n) is 10.5. The Kier molecular flexibility index (Phi) is 7.95. The molecule has 174 valence electrons. The van der Waals surface area contributed by atoms with Crippen LogP contribution in [0.2, 0.25) is 0 Å². The largest absolute Gasteiger partial charge is 0.486 e. The van der Waals surface area contributed by atoms with E-state index < -0.39 is 0 Å². The van der Waals surface area contributed by atoms with Crippen LogP contribution in [0.25, 0.3) is 10.9 Å². The number of ether oxygens (including phenoxy) is 1. The minimum atomic E-state index is -0.317. The molecule has 1 aromatic heterocycles. The predicted octanol–water partition coefficient (Wildman–Crippen LogP) is 7.24. The normalized spacial score (nSPS) is 11.4. The highest BCUT2D eigenvalue weighted by Crippen LogP contribution is 2.35. The van der Waals surface area contributed by atoms with Crippen LogP contribution in [0.4, 0.5) is 4.39 Å². The molecule has 0 bridgehead atoms. The van der Waals surface area contributed by atoms with Gasteiger partial charge in [-0.1, -0.05) is 41.1 Å². The monoisotopic (exact) mass is 649 g/mol. The van der Waals surface area contributed by atoms with Gasteiger partial charge in [-0.2, -0.15) is 9.78 Å². The molecule has 0 saturated heterocycles. The summed E-state index contributed by atoms with van der Waals surface area (Å²) in [7, 11) is 0. The smallest absolute Gasteiger partial charge is 0.282 e. The van der Waals surface area contributed by atoms with Gasteiger partial charge in [-0.15, -0.1) is 0 Å². The SMILES string of the molecule is CCCc1nc2ccc(Br)cc2c(=O)n1N=Cc1cc(Br)c(OCc2ccccc2F)c(Br)c1. The third-order valence-corrected chi connectivity index (χ3v) is 6.69. The van der Waals surface area contributed by atoms with Gasteiger partial charge in [-0.3, -0.25) is 4.79 Å². The Labute approximate surface area is 221 Å². The van der Waals surface area contributed by atoms with Gasteiger partial charge < -0.3 is 4.74 Å². The van der Waals surface area contributed by atoms with Crippen molar-refractivity contribution in [2.75, 3.05) is 0 Å². The predicted molar refractivity (Wildman–Crippen MR) is 143 cm³/mol. The quantitative estimate of drug-likeness (QED) is 0.198. The first-order valence-corrected chi connectivity index (χ1v) is 12.9. The molecular formula is C25H19Br3FN3O2. The van der Waals surface area contributed by atoms with Crippen LogP contribution < -0.4 is 10.3 Å². The molecule has 34 heavy (non-hydrogen) atoms. The van der Waals surface area contributed by atoms with Crippen molar-refractivity contribution >= 4 is 64.9 Å². The molecule has 4 aromatic rings. The first kappa shape index (κ1) is 24.8. The Bertz CT molecular complexity index is 1430. The zero-order chi connectivity index (χ0) is 24.2. The van der Waals surface area contributed by atoms with Gasteiger partial charge in [-0.05, 0) is 80.2 Å². The first-order chi connectivity index (χ1) is 16.4. The van der Waals surface area contributed by atoms with Crippen molar-refractivity contribution in [3.8, 4) is 5.75 Å². The Hall–Kier alpha value is -2.36. The van der Waals surface area contributed by atoms with E-state index in [1.807, 2.05) is 31.2 Å². The van der Waals surface area contributed by atoms with Crippen molar-refractivity contribution in [3.63, 3.8) is 0 Å². The second-order valence-electron chi connectivity index (χ2n) is 7.49. The van der Waals surface area contributed by atoms with Gasteiger partial charge in [0.15, 0.2) is 0 Å². The van der Waals surface area contributed by atoms with Gasteiger partial charge >= 0.3 is 0 Å². The molecule has 0 amide bonds. The summed E-state index contributed by atoms with van der Waals surface area (Å²) >= 11 is 10.4. The van der Waals surface area contributed by atoms with Crippen LogP contribution in [-0.4, -0.2) is 15.9 Å². The number of fused-ring (bicyclic) bond motifs is 1. The molecule has 0 aliphatic carbocycles. The fraction of sp³-hybridized carbons (Fsp3) is 0.160. The lowest BCUT2D eigenvalue weighted by Gasteiger charge is -2.12. The average Bonchev–Trinajstić information content (AvgIpc) is 2.80. The standard InChI is InChI=1S/C25H19Br3FN3O2/c1-2-5-23-31-22-9-8-17(26)12-18(22)25(33)32(23)30-13-15-10-19(27)24(20(28)11-15)34-14-16-6-3-4-7-21(16)29/h3-4,6-13H,2,5,14H2,1H3. The van der Waals surface area contributed by atoms with Crippen molar-refractivity contribution in [2.24, 2.45) is 5.10 Å². The van der Waals surface area contributed by atoms with E-state index >= 15 is 0 Å². The minimum Gasteiger partial charge on any atom is -0.486 e. The van der Waals surface area contributed by atoms with E-state index in [2.05, 4.69) is 57.9 Å². The topological polar surface area (TPSA) is 56.5 Å². The van der Waals surface area contributed by atoms with Gasteiger partial charge in [-0.25, -0.2) is 9.37 Å². The highest BCUT2D eigenvalue weighted by atomic mass is 79.9. The van der Waals surface area contributed by atoms with Crippen molar-refractivity contribution in [1.82, 2.24) is 9.66 Å². The molecule has 0 aliphatic rings. The molecule has 0 spiro atoms. The Morgan fingerprint density at radius 2 is 1.82 bits per heavy atom. The van der Waals surface area contributed by atoms with E-state index in [4.69, 9.17) is 4.74 Å². The van der Waals surface area contributed by atoms with Crippen LogP contribution in [0, 0.1) is 5.82 Å². The maximum Gasteiger partial charge on any atom is 0.282 e. The van der Waals surface area contributed by atoms with Crippen molar-refractivity contribution < 1.29 is 9.13 Å². The number of nitrogens with zero attached hydrogens (tertiary/aromatic N) is 3. The van der Waals surface area contributed by atoms with Crippen molar-refractivity contribution in [1.29, 1.82) is 0 Å². The van der Waals surface area contributed by atoms with Crippen molar-refractivity contribution in [2.45, 2.75) is 26.4 Å². The molecule has 0 atom stereocenters. The summed E-state index contributed by atoms with van der Waals surface area (Å²) in [6.07, 6.45) is 3.05. The number of halogens is 4. The van der Waals surface area contributed by atoms with E-state index in [1.165, 1.54) is 10.7 Å². The maximum atomic E-state index is 13.9.